The van der Waals surface area contributed by atoms with Gasteiger partial charge in [0.1, 0.15) is 0 Å². The molecular weight excluding hydrogens is 240 g/mol. The van der Waals surface area contributed by atoms with E-state index >= 15 is 0 Å². The van der Waals surface area contributed by atoms with Crippen molar-refractivity contribution >= 4 is 23.5 Å². The molecular formula is C11H15ClN4O. The molecule has 17 heavy (non-hydrogen) atoms. The minimum Gasteiger partial charge on any atom is -0.342 e. The molecule has 1 aliphatic rings. The van der Waals surface area contributed by atoms with Crippen LogP contribution in [0.2, 0.25) is 5.02 Å². The summed E-state index contributed by atoms with van der Waals surface area (Å²) in [5.74, 6) is 0.872. The lowest BCUT2D eigenvalue weighted by Crippen LogP contribution is -2.34. The Hall–Kier alpha value is -1.36. The number of carbonyl (C=O) groups excluding carboxylic acids is 1. The lowest BCUT2D eigenvalue weighted by atomic mass is 10.4. The van der Waals surface area contributed by atoms with Crippen LogP contribution in [0.15, 0.2) is 12.4 Å². The Bertz CT molecular complexity index is 395. The summed E-state index contributed by atoms with van der Waals surface area (Å²) in [5.41, 5.74) is 0. The summed E-state index contributed by atoms with van der Waals surface area (Å²) in [6.45, 7) is 2.32. The summed E-state index contributed by atoms with van der Waals surface area (Å²) < 4.78 is 0. The fourth-order valence-corrected chi connectivity index (χ4v) is 1.91. The van der Waals surface area contributed by atoms with Gasteiger partial charge >= 0.3 is 0 Å². The van der Waals surface area contributed by atoms with Crippen LogP contribution in [0.4, 0.5) is 5.95 Å². The van der Waals surface area contributed by atoms with Crippen LogP contribution in [0.1, 0.15) is 12.8 Å². The second-order valence-electron chi connectivity index (χ2n) is 4.11. The standard InChI is InChI=1S/C11H15ClN4O/c1-15(11-13-7-9(12)8-14-11)5-6-16-4-2-3-10(16)17/h7-8H,2-6H2,1H3. The van der Waals surface area contributed by atoms with Gasteiger partial charge in [0.2, 0.25) is 11.9 Å². The third kappa shape index (κ3) is 3.06. The fourth-order valence-electron chi connectivity index (χ4n) is 1.81. The number of likely N-dealkylation sites (tertiary alicyclic amines) is 1. The SMILES string of the molecule is CN(CCN1CCCC1=O)c1ncc(Cl)cn1. The number of halogens is 1. The smallest absolute Gasteiger partial charge is 0.225 e. The zero-order valence-corrected chi connectivity index (χ0v) is 10.5. The highest BCUT2D eigenvalue weighted by Crippen LogP contribution is 2.11. The predicted octanol–water partition coefficient (Wildman–Crippen LogP) is 1.19. The largest absolute Gasteiger partial charge is 0.342 e. The summed E-state index contributed by atoms with van der Waals surface area (Å²) in [7, 11) is 1.91. The van der Waals surface area contributed by atoms with Crippen molar-refractivity contribution in [1.29, 1.82) is 0 Å². The van der Waals surface area contributed by atoms with Gasteiger partial charge in [-0.15, -0.1) is 0 Å². The van der Waals surface area contributed by atoms with Gasteiger partial charge < -0.3 is 9.80 Å². The summed E-state index contributed by atoms with van der Waals surface area (Å²) >= 11 is 5.72. The minimum absolute atomic E-state index is 0.246. The summed E-state index contributed by atoms with van der Waals surface area (Å²) in [5, 5.41) is 0.525. The molecule has 0 aromatic carbocycles. The van der Waals surface area contributed by atoms with Gasteiger partial charge in [0, 0.05) is 33.1 Å². The average Bonchev–Trinajstić information content (AvgIpc) is 2.73. The number of carbonyl (C=O) groups is 1. The molecule has 2 rings (SSSR count). The van der Waals surface area contributed by atoms with Crippen LogP contribution in [-0.2, 0) is 4.79 Å². The van der Waals surface area contributed by atoms with E-state index in [1.165, 1.54) is 0 Å². The molecule has 1 aromatic rings. The van der Waals surface area contributed by atoms with Crippen molar-refractivity contribution in [2.45, 2.75) is 12.8 Å². The predicted molar refractivity (Wildman–Crippen MR) is 66.1 cm³/mol. The first-order valence-corrected chi connectivity index (χ1v) is 6.01. The molecule has 6 heteroatoms. The highest BCUT2D eigenvalue weighted by Gasteiger charge is 2.20. The molecule has 1 amide bonds. The number of hydrogen-bond acceptors (Lipinski definition) is 4. The number of anilines is 1. The van der Waals surface area contributed by atoms with Crippen LogP contribution in [0.5, 0.6) is 0 Å². The van der Waals surface area contributed by atoms with Crippen molar-refractivity contribution < 1.29 is 4.79 Å². The summed E-state index contributed by atoms with van der Waals surface area (Å²) in [6, 6.07) is 0. The molecule has 1 fully saturated rings. The third-order valence-electron chi connectivity index (χ3n) is 2.82. The Labute approximate surface area is 105 Å². The molecule has 0 saturated carbocycles. The van der Waals surface area contributed by atoms with E-state index in [9.17, 15) is 4.79 Å². The Morgan fingerprint density at radius 1 is 1.47 bits per heavy atom. The van der Waals surface area contributed by atoms with E-state index in [2.05, 4.69) is 9.97 Å². The molecule has 92 valence electrons. The molecule has 0 N–H and O–H groups in total. The van der Waals surface area contributed by atoms with Gasteiger partial charge in [0.15, 0.2) is 0 Å². The van der Waals surface area contributed by atoms with Gasteiger partial charge in [-0.3, -0.25) is 4.79 Å². The first kappa shape index (κ1) is 12.1. The van der Waals surface area contributed by atoms with Crippen LogP contribution >= 0.6 is 11.6 Å². The van der Waals surface area contributed by atoms with Crippen LogP contribution in [0, 0.1) is 0 Å². The molecule has 5 nitrogen and oxygen atoms in total. The molecule has 0 radical (unpaired) electrons. The summed E-state index contributed by atoms with van der Waals surface area (Å²) in [4.78, 5) is 23.5. The molecule has 1 saturated heterocycles. The van der Waals surface area contributed by atoms with Crippen molar-refractivity contribution in [1.82, 2.24) is 14.9 Å². The second-order valence-corrected chi connectivity index (χ2v) is 4.54. The van der Waals surface area contributed by atoms with Crippen LogP contribution in [0.25, 0.3) is 0 Å². The number of likely N-dealkylation sites (N-methyl/N-ethyl adjacent to an activating group) is 1. The number of aromatic nitrogens is 2. The topological polar surface area (TPSA) is 49.3 Å². The maximum atomic E-state index is 11.4. The first-order valence-electron chi connectivity index (χ1n) is 5.63. The van der Waals surface area contributed by atoms with E-state index in [1.807, 2.05) is 16.8 Å². The van der Waals surface area contributed by atoms with Gasteiger partial charge in [-0.2, -0.15) is 0 Å². The van der Waals surface area contributed by atoms with Crippen molar-refractivity contribution in [3.05, 3.63) is 17.4 Å². The number of nitrogens with zero attached hydrogens (tertiary/aromatic N) is 4. The lowest BCUT2D eigenvalue weighted by Gasteiger charge is -2.21. The Morgan fingerprint density at radius 3 is 2.76 bits per heavy atom. The van der Waals surface area contributed by atoms with Gasteiger partial charge in [0.25, 0.3) is 0 Å². The molecule has 0 bridgehead atoms. The van der Waals surface area contributed by atoms with E-state index in [1.54, 1.807) is 12.4 Å². The van der Waals surface area contributed by atoms with Crippen molar-refractivity contribution in [3.8, 4) is 0 Å². The Balaban J connectivity index is 1.86. The highest BCUT2D eigenvalue weighted by atomic mass is 35.5. The molecule has 0 atom stereocenters. The monoisotopic (exact) mass is 254 g/mol. The maximum Gasteiger partial charge on any atom is 0.225 e. The van der Waals surface area contributed by atoms with Crippen LogP contribution < -0.4 is 4.90 Å². The molecule has 1 aliphatic heterocycles. The normalized spacial score (nSPS) is 15.4. The molecule has 2 heterocycles. The van der Waals surface area contributed by atoms with Crippen molar-refractivity contribution in [3.63, 3.8) is 0 Å². The van der Waals surface area contributed by atoms with E-state index in [0.29, 0.717) is 17.4 Å². The fraction of sp³-hybridized carbons (Fsp3) is 0.545. The highest BCUT2D eigenvalue weighted by molar-refractivity contribution is 6.30. The zero-order chi connectivity index (χ0) is 12.3. The van der Waals surface area contributed by atoms with Gasteiger partial charge in [0.05, 0.1) is 17.4 Å². The van der Waals surface area contributed by atoms with Gasteiger partial charge in [-0.25, -0.2) is 9.97 Å². The molecule has 0 unspecified atom stereocenters. The average molecular weight is 255 g/mol. The van der Waals surface area contributed by atoms with E-state index in [4.69, 9.17) is 11.6 Å². The van der Waals surface area contributed by atoms with Gasteiger partial charge in [-0.1, -0.05) is 11.6 Å². The minimum atomic E-state index is 0.246. The van der Waals surface area contributed by atoms with Crippen molar-refractivity contribution in [2.24, 2.45) is 0 Å². The maximum absolute atomic E-state index is 11.4. The second kappa shape index (κ2) is 5.31. The van der Waals surface area contributed by atoms with Crippen LogP contribution in [-0.4, -0.2) is 47.5 Å². The lowest BCUT2D eigenvalue weighted by molar-refractivity contribution is -0.127. The molecule has 0 aliphatic carbocycles. The van der Waals surface area contributed by atoms with Crippen molar-refractivity contribution in [2.75, 3.05) is 31.6 Å². The first-order chi connectivity index (χ1) is 8.16. The Kier molecular flexibility index (Phi) is 3.78. The number of hydrogen-bond donors (Lipinski definition) is 0. The quantitative estimate of drug-likeness (QED) is 0.810. The van der Waals surface area contributed by atoms with E-state index < -0.39 is 0 Å². The summed E-state index contributed by atoms with van der Waals surface area (Å²) in [6.07, 6.45) is 4.80. The van der Waals surface area contributed by atoms with E-state index in [0.717, 1.165) is 26.1 Å². The Morgan fingerprint density at radius 2 is 2.18 bits per heavy atom. The number of rotatable bonds is 4. The van der Waals surface area contributed by atoms with Crippen LogP contribution in [0.3, 0.4) is 0 Å². The zero-order valence-electron chi connectivity index (χ0n) is 9.77. The van der Waals surface area contributed by atoms with E-state index in [-0.39, 0.29) is 5.91 Å². The molecule has 1 aromatic heterocycles. The third-order valence-corrected chi connectivity index (χ3v) is 3.02. The molecule has 0 spiro atoms. The number of amides is 1. The van der Waals surface area contributed by atoms with Gasteiger partial charge in [-0.05, 0) is 6.42 Å².